The van der Waals surface area contributed by atoms with E-state index in [2.05, 4.69) is 10.3 Å². The minimum atomic E-state index is -0.571. The van der Waals surface area contributed by atoms with Crippen molar-refractivity contribution in [2.45, 2.75) is 40.2 Å². The van der Waals surface area contributed by atoms with E-state index in [-0.39, 0.29) is 23.2 Å². The van der Waals surface area contributed by atoms with Crippen molar-refractivity contribution >= 4 is 17.4 Å². The van der Waals surface area contributed by atoms with Gasteiger partial charge in [-0.1, -0.05) is 6.92 Å². The van der Waals surface area contributed by atoms with Crippen molar-refractivity contribution in [1.82, 2.24) is 9.88 Å². The van der Waals surface area contributed by atoms with Gasteiger partial charge in [0.2, 0.25) is 0 Å². The number of hydrogen-bond acceptors (Lipinski definition) is 5. The van der Waals surface area contributed by atoms with E-state index in [1.807, 2.05) is 27.7 Å². The molecule has 0 radical (unpaired) electrons. The van der Waals surface area contributed by atoms with Crippen molar-refractivity contribution in [3.8, 4) is 0 Å². The number of aromatic nitrogens is 1. The molecule has 1 aromatic heterocycles. The average Bonchev–Trinajstić information content (AvgIpc) is 2.44. The molecule has 0 bridgehead atoms. The highest BCUT2D eigenvalue weighted by Gasteiger charge is 2.26. The standard InChI is InChI=1S/C14H22N4O3/c1-5-7-15-13-8-11(12(9-16-13)18(20)21)14(19)17(6-2)10(3)4/h8-10H,5-7H2,1-4H3,(H,15,16). The maximum absolute atomic E-state index is 12.5. The number of carbonyl (C=O) groups is 1. The van der Waals surface area contributed by atoms with Crippen LogP contribution in [-0.2, 0) is 0 Å². The summed E-state index contributed by atoms with van der Waals surface area (Å²) in [6.45, 7) is 8.80. The zero-order valence-corrected chi connectivity index (χ0v) is 12.9. The summed E-state index contributed by atoms with van der Waals surface area (Å²) < 4.78 is 0. The molecular weight excluding hydrogens is 272 g/mol. The highest BCUT2D eigenvalue weighted by molar-refractivity contribution is 5.98. The topological polar surface area (TPSA) is 88.4 Å². The van der Waals surface area contributed by atoms with Crippen LogP contribution >= 0.6 is 0 Å². The van der Waals surface area contributed by atoms with Gasteiger partial charge in [-0.05, 0) is 27.2 Å². The molecule has 0 aliphatic carbocycles. The Hall–Kier alpha value is -2.18. The Morgan fingerprint density at radius 3 is 2.62 bits per heavy atom. The Kier molecular flexibility index (Phi) is 6.08. The second-order valence-corrected chi connectivity index (χ2v) is 4.96. The Morgan fingerprint density at radius 1 is 1.48 bits per heavy atom. The third-order valence-corrected chi connectivity index (χ3v) is 3.09. The number of nitrogens with zero attached hydrogens (tertiary/aromatic N) is 3. The van der Waals surface area contributed by atoms with E-state index in [0.717, 1.165) is 12.6 Å². The molecule has 0 aromatic carbocycles. The zero-order chi connectivity index (χ0) is 16.0. The molecule has 0 spiro atoms. The second kappa shape index (κ2) is 7.56. The molecule has 0 fully saturated rings. The lowest BCUT2D eigenvalue weighted by Crippen LogP contribution is -2.37. The van der Waals surface area contributed by atoms with Gasteiger partial charge in [0.25, 0.3) is 11.6 Å². The fraction of sp³-hybridized carbons (Fsp3) is 0.571. The number of nitrogens with one attached hydrogen (secondary N) is 1. The predicted octanol–water partition coefficient (Wildman–Crippen LogP) is 2.68. The lowest BCUT2D eigenvalue weighted by molar-refractivity contribution is -0.385. The van der Waals surface area contributed by atoms with Crippen molar-refractivity contribution in [2.24, 2.45) is 0 Å². The maximum Gasteiger partial charge on any atom is 0.300 e. The summed E-state index contributed by atoms with van der Waals surface area (Å²) in [4.78, 5) is 28.6. The molecule has 1 heterocycles. The smallest absolute Gasteiger partial charge is 0.300 e. The minimum absolute atomic E-state index is 0.0256. The molecule has 7 nitrogen and oxygen atoms in total. The van der Waals surface area contributed by atoms with Crippen LogP contribution in [0.3, 0.4) is 0 Å². The largest absolute Gasteiger partial charge is 0.370 e. The van der Waals surface area contributed by atoms with Gasteiger partial charge in [-0.2, -0.15) is 0 Å². The van der Waals surface area contributed by atoms with Crippen LogP contribution < -0.4 is 5.32 Å². The molecule has 1 N–H and O–H groups in total. The zero-order valence-electron chi connectivity index (χ0n) is 12.9. The molecule has 1 aromatic rings. The Labute approximate surface area is 124 Å². The molecule has 0 aliphatic rings. The van der Waals surface area contributed by atoms with Crippen LogP contribution in [0.1, 0.15) is 44.5 Å². The van der Waals surface area contributed by atoms with Gasteiger partial charge in [-0.25, -0.2) is 4.98 Å². The first-order chi connectivity index (χ1) is 9.92. The number of anilines is 1. The summed E-state index contributed by atoms with van der Waals surface area (Å²) in [6.07, 6.45) is 2.04. The SMILES string of the molecule is CCCNc1cc(C(=O)N(CC)C(C)C)c([N+](=O)[O-])cn1. The molecule has 0 saturated heterocycles. The third-order valence-electron chi connectivity index (χ3n) is 3.09. The molecule has 1 amide bonds. The van der Waals surface area contributed by atoms with Gasteiger partial charge in [0, 0.05) is 25.2 Å². The second-order valence-electron chi connectivity index (χ2n) is 4.96. The highest BCUT2D eigenvalue weighted by atomic mass is 16.6. The average molecular weight is 294 g/mol. The van der Waals surface area contributed by atoms with Crippen LogP contribution in [0.25, 0.3) is 0 Å². The molecule has 116 valence electrons. The van der Waals surface area contributed by atoms with Crippen molar-refractivity contribution in [2.75, 3.05) is 18.4 Å². The van der Waals surface area contributed by atoms with Crippen LogP contribution in [-0.4, -0.2) is 39.8 Å². The third kappa shape index (κ3) is 4.14. The lowest BCUT2D eigenvalue weighted by Gasteiger charge is -2.25. The summed E-state index contributed by atoms with van der Waals surface area (Å²) in [6, 6.07) is 1.43. The normalized spacial score (nSPS) is 10.5. The number of pyridine rings is 1. The number of carbonyl (C=O) groups excluding carboxylic acids is 1. The molecule has 1 rings (SSSR count). The predicted molar refractivity (Wildman–Crippen MR) is 81.5 cm³/mol. The van der Waals surface area contributed by atoms with E-state index >= 15 is 0 Å². The fourth-order valence-electron chi connectivity index (χ4n) is 2.01. The first-order valence-electron chi connectivity index (χ1n) is 7.11. The molecule has 7 heteroatoms. The number of nitro groups is 1. The Morgan fingerprint density at radius 2 is 2.14 bits per heavy atom. The van der Waals surface area contributed by atoms with Gasteiger partial charge in [0.1, 0.15) is 17.6 Å². The molecule has 0 atom stereocenters. The van der Waals surface area contributed by atoms with E-state index in [0.29, 0.717) is 18.9 Å². The van der Waals surface area contributed by atoms with Crippen LogP contribution in [0.2, 0.25) is 0 Å². The Bertz CT molecular complexity index is 517. The van der Waals surface area contributed by atoms with Crippen molar-refractivity contribution in [1.29, 1.82) is 0 Å². The van der Waals surface area contributed by atoms with E-state index in [9.17, 15) is 14.9 Å². The summed E-state index contributed by atoms with van der Waals surface area (Å²) in [5, 5.41) is 14.1. The van der Waals surface area contributed by atoms with Gasteiger partial charge >= 0.3 is 0 Å². The lowest BCUT2D eigenvalue weighted by atomic mass is 10.1. The fourth-order valence-corrected chi connectivity index (χ4v) is 2.01. The summed E-state index contributed by atoms with van der Waals surface area (Å²) in [7, 11) is 0. The van der Waals surface area contributed by atoms with Gasteiger partial charge in [0.15, 0.2) is 0 Å². The molecule has 0 aliphatic heterocycles. The summed E-state index contributed by atoms with van der Waals surface area (Å²) >= 11 is 0. The van der Waals surface area contributed by atoms with E-state index in [1.54, 1.807) is 4.90 Å². The van der Waals surface area contributed by atoms with Crippen molar-refractivity contribution in [3.63, 3.8) is 0 Å². The van der Waals surface area contributed by atoms with Crippen LogP contribution in [0.4, 0.5) is 11.5 Å². The van der Waals surface area contributed by atoms with Gasteiger partial charge in [-0.15, -0.1) is 0 Å². The maximum atomic E-state index is 12.5. The van der Waals surface area contributed by atoms with Gasteiger partial charge in [-0.3, -0.25) is 14.9 Å². The molecule has 0 unspecified atom stereocenters. The van der Waals surface area contributed by atoms with Crippen LogP contribution in [0.15, 0.2) is 12.3 Å². The number of rotatable bonds is 7. The first kappa shape index (κ1) is 16.9. The van der Waals surface area contributed by atoms with Crippen LogP contribution in [0, 0.1) is 10.1 Å². The number of hydrogen-bond donors (Lipinski definition) is 1. The highest BCUT2D eigenvalue weighted by Crippen LogP contribution is 2.22. The minimum Gasteiger partial charge on any atom is -0.370 e. The van der Waals surface area contributed by atoms with E-state index in [1.165, 1.54) is 6.07 Å². The van der Waals surface area contributed by atoms with Crippen molar-refractivity contribution < 1.29 is 9.72 Å². The van der Waals surface area contributed by atoms with E-state index < -0.39 is 4.92 Å². The Balaban J connectivity index is 3.22. The quantitative estimate of drug-likeness (QED) is 0.617. The first-order valence-corrected chi connectivity index (χ1v) is 7.11. The monoisotopic (exact) mass is 294 g/mol. The van der Waals surface area contributed by atoms with Crippen LogP contribution in [0.5, 0.6) is 0 Å². The number of amides is 1. The molecule has 0 saturated carbocycles. The van der Waals surface area contributed by atoms with E-state index in [4.69, 9.17) is 0 Å². The summed E-state index contributed by atoms with van der Waals surface area (Å²) in [5.41, 5.74) is -0.190. The van der Waals surface area contributed by atoms with Gasteiger partial charge in [0.05, 0.1) is 4.92 Å². The molecule has 21 heavy (non-hydrogen) atoms. The molecular formula is C14H22N4O3. The van der Waals surface area contributed by atoms with Gasteiger partial charge < -0.3 is 10.2 Å². The summed E-state index contributed by atoms with van der Waals surface area (Å²) in [5.74, 6) is 0.131. The van der Waals surface area contributed by atoms with Crippen molar-refractivity contribution in [3.05, 3.63) is 27.9 Å².